The molecule has 160 valence electrons. The Morgan fingerprint density at radius 3 is 1.08 bits per heavy atom. The molecule has 2 nitrogen and oxygen atoms in total. The number of aliphatic hydroxyl groups excluding tert-OH is 2. The highest BCUT2D eigenvalue weighted by Crippen LogP contribution is 2.12. The van der Waals surface area contributed by atoms with Gasteiger partial charge in [-0.15, -0.1) is 0 Å². The van der Waals surface area contributed by atoms with E-state index in [0.717, 1.165) is 18.8 Å². The minimum atomic E-state index is 0.365. The van der Waals surface area contributed by atoms with Gasteiger partial charge in [-0.2, -0.15) is 0 Å². The smallest absolute Gasteiger partial charge is 0.0431 e. The molecule has 0 aromatic heterocycles. The van der Waals surface area contributed by atoms with Crippen molar-refractivity contribution in [3.05, 3.63) is 0 Å². The molecule has 0 aliphatic carbocycles. The van der Waals surface area contributed by atoms with E-state index < -0.39 is 0 Å². The fraction of sp³-hybridized carbons (Fsp3) is 1.00. The van der Waals surface area contributed by atoms with Crippen LogP contribution in [0.2, 0.25) is 0 Å². The Bertz CT molecular complexity index is 204. The van der Waals surface area contributed by atoms with Gasteiger partial charge in [-0.3, -0.25) is 0 Å². The third-order valence-electron chi connectivity index (χ3n) is 4.95. The second-order valence-electron chi connectivity index (χ2n) is 8.29. The average molecular weight is 373 g/mol. The zero-order valence-electron chi connectivity index (χ0n) is 18.6. The van der Waals surface area contributed by atoms with Gasteiger partial charge in [-0.1, -0.05) is 124 Å². The first-order valence-corrected chi connectivity index (χ1v) is 11.9. The fourth-order valence-electron chi connectivity index (χ4n) is 3.15. The minimum Gasteiger partial charge on any atom is -0.396 e. The minimum absolute atomic E-state index is 0.365. The SMILES string of the molecule is CC(C)CCCCCCCO.CCCCCCCCCCCCCCO. The van der Waals surface area contributed by atoms with Crippen LogP contribution in [0.3, 0.4) is 0 Å². The number of hydrogen-bond donors (Lipinski definition) is 2. The van der Waals surface area contributed by atoms with Crippen LogP contribution in [-0.4, -0.2) is 23.4 Å². The van der Waals surface area contributed by atoms with E-state index in [2.05, 4.69) is 20.8 Å². The van der Waals surface area contributed by atoms with Crippen LogP contribution in [0.4, 0.5) is 0 Å². The van der Waals surface area contributed by atoms with E-state index in [1.807, 2.05) is 0 Å². The van der Waals surface area contributed by atoms with E-state index >= 15 is 0 Å². The third kappa shape index (κ3) is 31.7. The van der Waals surface area contributed by atoms with Crippen molar-refractivity contribution in [2.45, 2.75) is 136 Å². The van der Waals surface area contributed by atoms with Crippen LogP contribution >= 0.6 is 0 Å². The maximum atomic E-state index is 8.61. The van der Waals surface area contributed by atoms with E-state index in [1.165, 1.54) is 103 Å². The predicted molar refractivity (Wildman–Crippen MR) is 118 cm³/mol. The van der Waals surface area contributed by atoms with Crippen LogP contribution < -0.4 is 0 Å². The molecule has 0 saturated heterocycles. The Morgan fingerprint density at radius 2 is 0.769 bits per heavy atom. The molecular weight excluding hydrogens is 320 g/mol. The molecule has 0 spiro atoms. The molecule has 2 N–H and O–H groups in total. The molecule has 2 heteroatoms. The summed E-state index contributed by atoms with van der Waals surface area (Å²) in [5.41, 5.74) is 0. The summed E-state index contributed by atoms with van der Waals surface area (Å²) >= 11 is 0. The van der Waals surface area contributed by atoms with E-state index in [-0.39, 0.29) is 0 Å². The summed E-state index contributed by atoms with van der Waals surface area (Å²) in [7, 11) is 0. The summed E-state index contributed by atoms with van der Waals surface area (Å²) in [6.45, 7) is 7.55. The van der Waals surface area contributed by atoms with E-state index in [0.29, 0.717) is 13.2 Å². The first-order valence-electron chi connectivity index (χ1n) is 11.9. The maximum Gasteiger partial charge on any atom is 0.0431 e. The summed E-state index contributed by atoms with van der Waals surface area (Å²) in [5, 5.41) is 17.1. The third-order valence-corrected chi connectivity index (χ3v) is 4.95. The second kappa shape index (κ2) is 27.1. The highest BCUT2D eigenvalue weighted by molar-refractivity contribution is 4.48. The molecule has 0 heterocycles. The van der Waals surface area contributed by atoms with Crippen molar-refractivity contribution < 1.29 is 10.2 Å². The highest BCUT2D eigenvalue weighted by Gasteiger charge is 1.94. The summed E-state index contributed by atoms with van der Waals surface area (Å²) in [5.74, 6) is 0.854. The lowest BCUT2D eigenvalue weighted by molar-refractivity contribution is 0.282. The Hall–Kier alpha value is -0.0800. The monoisotopic (exact) mass is 372 g/mol. The molecule has 0 atom stereocenters. The van der Waals surface area contributed by atoms with Crippen molar-refractivity contribution in [2.24, 2.45) is 5.92 Å². The zero-order valence-corrected chi connectivity index (χ0v) is 18.6. The van der Waals surface area contributed by atoms with Crippen LogP contribution in [0.15, 0.2) is 0 Å². The van der Waals surface area contributed by atoms with Gasteiger partial charge in [0.15, 0.2) is 0 Å². The molecule has 0 unspecified atom stereocenters. The Morgan fingerprint density at radius 1 is 0.462 bits per heavy atom. The highest BCUT2D eigenvalue weighted by atomic mass is 16.3. The molecule has 0 radical (unpaired) electrons. The molecule has 0 amide bonds. The summed E-state index contributed by atoms with van der Waals surface area (Å²) in [4.78, 5) is 0. The number of rotatable bonds is 19. The van der Waals surface area contributed by atoms with Gasteiger partial charge in [0.2, 0.25) is 0 Å². The standard InChI is InChI=1S/C14H30O.C10H22O/c1-2-3-4-5-6-7-8-9-10-11-12-13-14-15;1-10(2)8-6-4-3-5-7-9-11/h15H,2-14H2,1H3;10-11H,3-9H2,1-2H3. The fourth-order valence-corrected chi connectivity index (χ4v) is 3.15. The lowest BCUT2D eigenvalue weighted by Crippen LogP contribution is -1.88. The summed E-state index contributed by atoms with van der Waals surface area (Å²) in [6, 6.07) is 0. The van der Waals surface area contributed by atoms with Crippen molar-refractivity contribution in [1.82, 2.24) is 0 Å². The molecular formula is C24H52O2. The normalized spacial score (nSPS) is 10.8. The Kier molecular flexibility index (Phi) is 29.4. The van der Waals surface area contributed by atoms with Gasteiger partial charge in [-0.25, -0.2) is 0 Å². The average Bonchev–Trinajstić information content (AvgIpc) is 2.63. The van der Waals surface area contributed by atoms with Crippen molar-refractivity contribution in [3.63, 3.8) is 0 Å². The summed E-state index contributed by atoms with van der Waals surface area (Å²) in [6.07, 6.45) is 23.8. The van der Waals surface area contributed by atoms with Crippen molar-refractivity contribution in [2.75, 3.05) is 13.2 Å². The van der Waals surface area contributed by atoms with Crippen LogP contribution in [0.5, 0.6) is 0 Å². The molecule has 0 aliphatic rings. The largest absolute Gasteiger partial charge is 0.396 e. The van der Waals surface area contributed by atoms with Gasteiger partial charge < -0.3 is 10.2 Å². The van der Waals surface area contributed by atoms with Crippen LogP contribution in [-0.2, 0) is 0 Å². The quantitative estimate of drug-likeness (QED) is 0.228. The maximum absolute atomic E-state index is 8.61. The number of aliphatic hydroxyl groups is 2. The Balaban J connectivity index is 0. The van der Waals surface area contributed by atoms with Gasteiger partial charge >= 0.3 is 0 Å². The molecule has 0 aromatic carbocycles. The molecule has 0 aliphatic heterocycles. The molecule has 0 aromatic rings. The van der Waals surface area contributed by atoms with E-state index in [1.54, 1.807) is 0 Å². The van der Waals surface area contributed by atoms with Gasteiger partial charge in [0.25, 0.3) is 0 Å². The first-order chi connectivity index (χ1) is 12.7. The van der Waals surface area contributed by atoms with Gasteiger partial charge in [-0.05, 0) is 18.8 Å². The molecule has 0 saturated carbocycles. The lowest BCUT2D eigenvalue weighted by atomic mass is 10.0. The topological polar surface area (TPSA) is 40.5 Å². The number of hydrogen-bond acceptors (Lipinski definition) is 2. The molecule has 0 rings (SSSR count). The lowest BCUT2D eigenvalue weighted by Gasteiger charge is -2.03. The first kappa shape index (κ1) is 28.1. The van der Waals surface area contributed by atoms with Gasteiger partial charge in [0, 0.05) is 13.2 Å². The predicted octanol–water partition coefficient (Wildman–Crippen LogP) is 7.66. The number of unbranched alkanes of at least 4 members (excludes halogenated alkanes) is 15. The van der Waals surface area contributed by atoms with Crippen LogP contribution in [0, 0.1) is 5.92 Å². The molecule has 26 heavy (non-hydrogen) atoms. The van der Waals surface area contributed by atoms with Crippen LogP contribution in [0.25, 0.3) is 0 Å². The van der Waals surface area contributed by atoms with Gasteiger partial charge in [0.1, 0.15) is 0 Å². The Labute approximate surface area is 166 Å². The summed E-state index contributed by atoms with van der Waals surface area (Å²) < 4.78 is 0. The van der Waals surface area contributed by atoms with Crippen molar-refractivity contribution >= 4 is 0 Å². The second-order valence-corrected chi connectivity index (χ2v) is 8.29. The zero-order chi connectivity index (χ0) is 19.7. The van der Waals surface area contributed by atoms with E-state index in [9.17, 15) is 0 Å². The molecule has 0 bridgehead atoms. The van der Waals surface area contributed by atoms with E-state index in [4.69, 9.17) is 10.2 Å². The van der Waals surface area contributed by atoms with Crippen molar-refractivity contribution in [3.8, 4) is 0 Å². The molecule has 0 fully saturated rings. The van der Waals surface area contributed by atoms with Crippen LogP contribution in [0.1, 0.15) is 136 Å². The van der Waals surface area contributed by atoms with Gasteiger partial charge in [0.05, 0.1) is 0 Å². The van der Waals surface area contributed by atoms with Crippen molar-refractivity contribution in [1.29, 1.82) is 0 Å².